The SMILES string of the molecule is C=Cc1ccc(CNCCC)cc1. The summed E-state index contributed by atoms with van der Waals surface area (Å²) in [6, 6.07) is 8.46. The topological polar surface area (TPSA) is 12.0 Å². The van der Waals surface area contributed by atoms with E-state index >= 15 is 0 Å². The van der Waals surface area contributed by atoms with Gasteiger partial charge in [0.05, 0.1) is 0 Å². The highest BCUT2D eigenvalue weighted by Gasteiger charge is 1.90. The molecule has 0 aliphatic heterocycles. The van der Waals surface area contributed by atoms with E-state index in [1.165, 1.54) is 17.5 Å². The molecule has 0 heterocycles. The molecule has 0 aromatic heterocycles. The smallest absolute Gasteiger partial charge is 0.0205 e. The van der Waals surface area contributed by atoms with E-state index in [9.17, 15) is 0 Å². The van der Waals surface area contributed by atoms with Gasteiger partial charge in [0.15, 0.2) is 0 Å². The van der Waals surface area contributed by atoms with Crippen LogP contribution in [0.15, 0.2) is 30.8 Å². The Kier molecular flexibility index (Phi) is 4.27. The van der Waals surface area contributed by atoms with Gasteiger partial charge in [0, 0.05) is 6.54 Å². The van der Waals surface area contributed by atoms with Gasteiger partial charge in [0.1, 0.15) is 0 Å². The molecular weight excluding hydrogens is 158 g/mol. The molecule has 0 fully saturated rings. The van der Waals surface area contributed by atoms with E-state index in [0.717, 1.165) is 13.1 Å². The minimum absolute atomic E-state index is 0.964. The molecular formula is C12H17N. The fourth-order valence-electron chi connectivity index (χ4n) is 1.18. The van der Waals surface area contributed by atoms with Gasteiger partial charge < -0.3 is 5.32 Å². The molecule has 0 bridgehead atoms. The van der Waals surface area contributed by atoms with E-state index in [2.05, 4.69) is 43.1 Å². The Morgan fingerprint density at radius 1 is 1.31 bits per heavy atom. The lowest BCUT2D eigenvalue weighted by atomic mass is 10.1. The van der Waals surface area contributed by atoms with E-state index in [1.807, 2.05) is 6.08 Å². The van der Waals surface area contributed by atoms with Gasteiger partial charge in [-0.1, -0.05) is 43.8 Å². The standard InChI is InChI=1S/C12H17N/c1-3-9-13-10-12-7-5-11(4-2)6-8-12/h4-8,13H,2-3,9-10H2,1H3. The van der Waals surface area contributed by atoms with Crippen molar-refractivity contribution in [3.05, 3.63) is 42.0 Å². The largest absolute Gasteiger partial charge is 0.313 e. The summed E-state index contributed by atoms with van der Waals surface area (Å²) in [7, 11) is 0. The molecule has 70 valence electrons. The molecule has 0 aliphatic carbocycles. The van der Waals surface area contributed by atoms with Crippen molar-refractivity contribution in [3.63, 3.8) is 0 Å². The maximum atomic E-state index is 3.72. The number of rotatable bonds is 5. The lowest BCUT2D eigenvalue weighted by Crippen LogP contribution is -2.13. The van der Waals surface area contributed by atoms with Crippen LogP contribution < -0.4 is 5.32 Å². The number of nitrogens with one attached hydrogen (secondary N) is 1. The Bertz CT molecular complexity index is 248. The van der Waals surface area contributed by atoms with Gasteiger partial charge in [-0.05, 0) is 24.1 Å². The number of benzene rings is 1. The molecule has 1 N–H and O–H groups in total. The fraction of sp³-hybridized carbons (Fsp3) is 0.333. The third-order valence-corrected chi connectivity index (χ3v) is 1.97. The maximum Gasteiger partial charge on any atom is 0.0205 e. The van der Waals surface area contributed by atoms with E-state index in [0.29, 0.717) is 0 Å². The van der Waals surface area contributed by atoms with Crippen LogP contribution in [0, 0.1) is 0 Å². The van der Waals surface area contributed by atoms with E-state index in [1.54, 1.807) is 0 Å². The summed E-state index contributed by atoms with van der Waals surface area (Å²) in [5, 5.41) is 3.36. The number of hydrogen-bond donors (Lipinski definition) is 1. The molecule has 1 nitrogen and oxygen atoms in total. The van der Waals surface area contributed by atoms with Gasteiger partial charge in [-0.3, -0.25) is 0 Å². The highest BCUT2D eigenvalue weighted by molar-refractivity contribution is 5.47. The summed E-state index contributed by atoms with van der Waals surface area (Å²) in [5.74, 6) is 0. The average molecular weight is 175 g/mol. The van der Waals surface area contributed by atoms with Crippen molar-refractivity contribution in [1.29, 1.82) is 0 Å². The molecule has 0 unspecified atom stereocenters. The van der Waals surface area contributed by atoms with Crippen LogP contribution in [0.3, 0.4) is 0 Å². The first-order valence-corrected chi connectivity index (χ1v) is 4.79. The first kappa shape index (κ1) is 10.0. The summed E-state index contributed by atoms with van der Waals surface area (Å²) >= 11 is 0. The van der Waals surface area contributed by atoms with Crippen LogP contribution in [-0.4, -0.2) is 6.54 Å². The molecule has 0 radical (unpaired) electrons. The summed E-state index contributed by atoms with van der Waals surface area (Å²) < 4.78 is 0. The van der Waals surface area contributed by atoms with Crippen molar-refractivity contribution in [1.82, 2.24) is 5.32 Å². The summed E-state index contributed by atoms with van der Waals surface area (Å²) in [6.45, 7) is 7.94. The predicted molar refractivity (Wildman–Crippen MR) is 58.5 cm³/mol. The monoisotopic (exact) mass is 175 g/mol. The van der Waals surface area contributed by atoms with Crippen LogP contribution in [0.25, 0.3) is 6.08 Å². The van der Waals surface area contributed by atoms with Crippen LogP contribution in [0.4, 0.5) is 0 Å². The van der Waals surface area contributed by atoms with Crippen molar-refractivity contribution in [2.45, 2.75) is 19.9 Å². The summed E-state index contributed by atoms with van der Waals surface area (Å²) in [6.07, 6.45) is 3.05. The van der Waals surface area contributed by atoms with Crippen molar-refractivity contribution >= 4 is 6.08 Å². The lowest BCUT2D eigenvalue weighted by Gasteiger charge is -2.03. The first-order chi connectivity index (χ1) is 6.36. The molecule has 0 amide bonds. The molecule has 1 aromatic carbocycles. The maximum absolute atomic E-state index is 3.72. The van der Waals surface area contributed by atoms with E-state index in [4.69, 9.17) is 0 Å². The van der Waals surface area contributed by atoms with Crippen molar-refractivity contribution in [2.75, 3.05) is 6.54 Å². The van der Waals surface area contributed by atoms with Gasteiger partial charge in [0.2, 0.25) is 0 Å². The second-order valence-corrected chi connectivity index (χ2v) is 3.12. The van der Waals surface area contributed by atoms with Crippen LogP contribution in [0.1, 0.15) is 24.5 Å². The lowest BCUT2D eigenvalue weighted by molar-refractivity contribution is 0.675. The second kappa shape index (κ2) is 5.55. The first-order valence-electron chi connectivity index (χ1n) is 4.79. The van der Waals surface area contributed by atoms with Gasteiger partial charge in [-0.15, -0.1) is 0 Å². The van der Waals surface area contributed by atoms with Crippen LogP contribution >= 0.6 is 0 Å². The Balaban J connectivity index is 2.44. The predicted octanol–water partition coefficient (Wildman–Crippen LogP) is 2.83. The van der Waals surface area contributed by atoms with Crippen molar-refractivity contribution < 1.29 is 0 Å². The Hall–Kier alpha value is -1.08. The minimum Gasteiger partial charge on any atom is -0.313 e. The summed E-state index contributed by atoms with van der Waals surface area (Å²) in [4.78, 5) is 0. The zero-order chi connectivity index (χ0) is 9.52. The zero-order valence-electron chi connectivity index (χ0n) is 8.22. The molecule has 0 spiro atoms. The molecule has 0 aliphatic rings. The number of hydrogen-bond acceptors (Lipinski definition) is 1. The molecule has 1 rings (SSSR count). The van der Waals surface area contributed by atoms with Crippen LogP contribution in [0.2, 0.25) is 0 Å². The van der Waals surface area contributed by atoms with E-state index < -0.39 is 0 Å². The van der Waals surface area contributed by atoms with Gasteiger partial charge in [-0.2, -0.15) is 0 Å². The van der Waals surface area contributed by atoms with Gasteiger partial charge in [0.25, 0.3) is 0 Å². The van der Waals surface area contributed by atoms with Crippen LogP contribution in [0.5, 0.6) is 0 Å². The third kappa shape index (κ3) is 3.43. The molecule has 1 heteroatoms. The van der Waals surface area contributed by atoms with E-state index in [-0.39, 0.29) is 0 Å². The second-order valence-electron chi connectivity index (χ2n) is 3.12. The Labute approximate surface area is 80.5 Å². The molecule has 0 saturated carbocycles. The zero-order valence-corrected chi connectivity index (χ0v) is 8.22. The molecule has 0 saturated heterocycles. The quantitative estimate of drug-likeness (QED) is 0.678. The fourth-order valence-corrected chi connectivity index (χ4v) is 1.18. The average Bonchev–Trinajstić information content (AvgIpc) is 2.19. The highest BCUT2D eigenvalue weighted by atomic mass is 14.8. The van der Waals surface area contributed by atoms with Gasteiger partial charge in [-0.25, -0.2) is 0 Å². The van der Waals surface area contributed by atoms with Gasteiger partial charge >= 0.3 is 0 Å². The summed E-state index contributed by atoms with van der Waals surface area (Å²) in [5.41, 5.74) is 2.51. The third-order valence-electron chi connectivity index (χ3n) is 1.97. The minimum atomic E-state index is 0.964. The molecule has 13 heavy (non-hydrogen) atoms. The van der Waals surface area contributed by atoms with Crippen molar-refractivity contribution in [2.24, 2.45) is 0 Å². The molecule has 1 aromatic rings. The van der Waals surface area contributed by atoms with Crippen molar-refractivity contribution in [3.8, 4) is 0 Å². The highest BCUT2D eigenvalue weighted by Crippen LogP contribution is 2.04. The molecule has 0 atom stereocenters. The Morgan fingerprint density at radius 3 is 2.54 bits per heavy atom. The normalized spacial score (nSPS) is 9.92. The Morgan fingerprint density at radius 2 is 2.00 bits per heavy atom. The van der Waals surface area contributed by atoms with Crippen LogP contribution in [-0.2, 0) is 6.54 Å².